The van der Waals surface area contributed by atoms with Gasteiger partial charge in [0.15, 0.2) is 0 Å². The fraction of sp³-hybridized carbons (Fsp3) is 0.538. The predicted molar refractivity (Wildman–Crippen MR) is 61.8 cm³/mol. The van der Waals surface area contributed by atoms with E-state index in [0.717, 1.165) is 31.7 Å². The van der Waals surface area contributed by atoms with Gasteiger partial charge >= 0.3 is 0 Å². The van der Waals surface area contributed by atoms with Crippen molar-refractivity contribution in [3.63, 3.8) is 0 Å². The molecule has 3 nitrogen and oxygen atoms in total. The summed E-state index contributed by atoms with van der Waals surface area (Å²) >= 11 is 0. The Hall–Kier alpha value is -1.06. The lowest BCUT2D eigenvalue weighted by molar-refractivity contribution is -0.0127. The number of nitrogens with one attached hydrogen (secondary N) is 1. The van der Waals surface area contributed by atoms with Crippen LogP contribution < -0.4 is 10.1 Å². The van der Waals surface area contributed by atoms with Crippen LogP contribution in [-0.4, -0.2) is 26.3 Å². The molecule has 1 aromatic rings. The number of morpholine rings is 1. The molecule has 3 rings (SSSR count). The van der Waals surface area contributed by atoms with Crippen LogP contribution in [0.25, 0.3) is 0 Å². The second-order valence-corrected chi connectivity index (χ2v) is 4.46. The molecule has 1 N–H and O–H groups in total. The lowest BCUT2D eigenvalue weighted by Gasteiger charge is -2.37. The Kier molecular flexibility index (Phi) is 2.58. The van der Waals surface area contributed by atoms with E-state index in [0.29, 0.717) is 6.04 Å². The molecule has 0 aromatic heterocycles. The number of hydrogen-bond acceptors (Lipinski definition) is 3. The molecule has 2 atom stereocenters. The van der Waals surface area contributed by atoms with Gasteiger partial charge in [-0.2, -0.15) is 0 Å². The van der Waals surface area contributed by atoms with Crippen molar-refractivity contribution in [2.45, 2.75) is 25.0 Å². The van der Waals surface area contributed by atoms with Gasteiger partial charge in [-0.05, 0) is 36.1 Å². The molecule has 1 aromatic carbocycles. The van der Waals surface area contributed by atoms with Gasteiger partial charge in [-0.1, -0.05) is 6.07 Å². The molecule has 3 heteroatoms. The Bertz CT molecular complexity index is 392. The first-order valence-corrected chi connectivity index (χ1v) is 5.90. The number of rotatable bonds is 1. The first-order chi connectivity index (χ1) is 7.88. The third-order valence-electron chi connectivity index (χ3n) is 3.55. The van der Waals surface area contributed by atoms with Crippen LogP contribution in [0.3, 0.4) is 0 Å². The van der Waals surface area contributed by atoms with Crippen molar-refractivity contribution in [1.29, 1.82) is 0 Å². The van der Waals surface area contributed by atoms with E-state index in [2.05, 4.69) is 17.4 Å². The second-order valence-electron chi connectivity index (χ2n) is 4.46. The highest BCUT2D eigenvalue weighted by molar-refractivity contribution is 5.39. The molecule has 0 amide bonds. The summed E-state index contributed by atoms with van der Waals surface area (Å²) in [6.45, 7) is 1.79. The highest BCUT2D eigenvalue weighted by atomic mass is 16.5. The molecule has 1 heterocycles. The van der Waals surface area contributed by atoms with Crippen LogP contribution in [0, 0.1) is 0 Å². The maximum absolute atomic E-state index is 5.88. The van der Waals surface area contributed by atoms with Gasteiger partial charge < -0.3 is 14.8 Å². The average Bonchev–Trinajstić information content (AvgIpc) is 2.38. The Morgan fingerprint density at radius 1 is 1.44 bits per heavy atom. The van der Waals surface area contributed by atoms with E-state index in [1.54, 1.807) is 7.11 Å². The fourth-order valence-corrected chi connectivity index (χ4v) is 2.73. The third kappa shape index (κ3) is 1.60. The van der Waals surface area contributed by atoms with E-state index in [-0.39, 0.29) is 6.10 Å². The van der Waals surface area contributed by atoms with Crippen molar-refractivity contribution < 1.29 is 9.47 Å². The minimum Gasteiger partial charge on any atom is -0.497 e. The van der Waals surface area contributed by atoms with Gasteiger partial charge in [0.05, 0.1) is 19.8 Å². The predicted octanol–water partition coefficient (Wildman–Crippen LogP) is 1.67. The Balaban J connectivity index is 1.96. The number of aryl methyl sites for hydroxylation is 1. The number of fused-ring (bicyclic) bond motifs is 3. The topological polar surface area (TPSA) is 30.5 Å². The second kappa shape index (κ2) is 4.07. The number of methoxy groups -OCH3 is 1. The van der Waals surface area contributed by atoms with Crippen LogP contribution in [0.15, 0.2) is 18.2 Å². The van der Waals surface area contributed by atoms with Crippen molar-refractivity contribution in [2.75, 3.05) is 20.3 Å². The van der Waals surface area contributed by atoms with E-state index < -0.39 is 0 Å². The van der Waals surface area contributed by atoms with E-state index >= 15 is 0 Å². The fourth-order valence-electron chi connectivity index (χ4n) is 2.73. The van der Waals surface area contributed by atoms with Gasteiger partial charge in [0.1, 0.15) is 5.75 Å². The normalized spacial score (nSPS) is 28.1. The maximum Gasteiger partial charge on any atom is 0.119 e. The standard InChI is InChI=1S/C13H17NO2/c1-15-10-3-4-11-9(8-10)2-5-12-13(11)16-7-6-14-12/h3-4,8,12-14H,2,5-7H2,1H3/t12-,13-/m0/s1. The Morgan fingerprint density at radius 3 is 3.25 bits per heavy atom. The molecule has 86 valence electrons. The summed E-state index contributed by atoms with van der Waals surface area (Å²) in [5.41, 5.74) is 2.72. The summed E-state index contributed by atoms with van der Waals surface area (Å²) in [5, 5.41) is 3.53. The molecule has 0 bridgehead atoms. The molecule has 0 unspecified atom stereocenters. The minimum atomic E-state index is 0.239. The minimum absolute atomic E-state index is 0.239. The molecule has 0 spiro atoms. The van der Waals surface area contributed by atoms with Crippen LogP contribution >= 0.6 is 0 Å². The smallest absolute Gasteiger partial charge is 0.119 e. The van der Waals surface area contributed by atoms with Crippen molar-refractivity contribution in [3.05, 3.63) is 29.3 Å². The zero-order chi connectivity index (χ0) is 11.0. The van der Waals surface area contributed by atoms with Gasteiger partial charge in [0.2, 0.25) is 0 Å². The Labute approximate surface area is 95.8 Å². The molecular weight excluding hydrogens is 202 g/mol. The van der Waals surface area contributed by atoms with E-state index in [1.807, 2.05) is 6.07 Å². The summed E-state index contributed by atoms with van der Waals surface area (Å²) < 4.78 is 11.1. The summed E-state index contributed by atoms with van der Waals surface area (Å²) in [4.78, 5) is 0. The van der Waals surface area contributed by atoms with Gasteiger partial charge in [0, 0.05) is 12.6 Å². The maximum atomic E-state index is 5.88. The van der Waals surface area contributed by atoms with Crippen LogP contribution in [0.5, 0.6) is 5.75 Å². The van der Waals surface area contributed by atoms with Crippen molar-refractivity contribution in [1.82, 2.24) is 5.32 Å². The average molecular weight is 219 g/mol. The van der Waals surface area contributed by atoms with Gasteiger partial charge in [-0.3, -0.25) is 0 Å². The first kappa shape index (κ1) is 10.1. The summed E-state index contributed by atoms with van der Waals surface area (Å²) in [7, 11) is 1.71. The Morgan fingerprint density at radius 2 is 2.38 bits per heavy atom. The van der Waals surface area contributed by atoms with E-state index in [9.17, 15) is 0 Å². The van der Waals surface area contributed by atoms with Crippen LogP contribution in [-0.2, 0) is 11.2 Å². The van der Waals surface area contributed by atoms with E-state index in [1.165, 1.54) is 11.1 Å². The molecule has 1 saturated heterocycles. The summed E-state index contributed by atoms with van der Waals surface area (Å²) in [5.74, 6) is 0.945. The molecular formula is C13H17NO2. The van der Waals surface area contributed by atoms with Gasteiger partial charge in [-0.15, -0.1) is 0 Å². The van der Waals surface area contributed by atoms with Crippen molar-refractivity contribution in [3.8, 4) is 5.75 Å². The lowest BCUT2D eigenvalue weighted by Crippen LogP contribution is -2.45. The monoisotopic (exact) mass is 219 g/mol. The summed E-state index contributed by atoms with van der Waals surface area (Å²) in [6.07, 6.45) is 2.51. The van der Waals surface area contributed by atoms with Crippen LogP contribution in [0.1, 0.15) is 23.7 Å². The molecule has 1 fully saturated rings. The molecule has 1 aliphatic heterocycles. The third-order valence-corrected chi connectivity index (χ3v) is 3.55. The van der Waals surface area contributed by atoms with Crippen molar-refractivity contribution >= 4 is 0 Å². The first-order valence-electron chi connectivity index (χ1n) is 5.90. The van der Waals surface area contributed by atoms with Crippen LogP contribution in [0.2, 0.25) is 0 Å². The largest absolute Gasteiger partial charge is 0.497 e. The highest BCUT2D eigenvalue weighted by Gasteiger charge is 2.32. The van der Waals surface area contributed by atoms with Crippen molar-refractivity contribution in [2.24, 2.45) is 0 Å². The quantitative estimate of drug-likeness (QED) is 0.779. The number of benzene rings is 1. The van der Waals surface area contributed by atoms with E-state index in [4.69, 9.17) is 9.47 Å². The number of hydrogen-bond donors (Lipinski definition) is 1. The summed E-state index contributed by atoms with van der Waals surface area (Å²) in [6, 6.07) is 6.82. The SMILES string of the molecule is COc1ccc2c(c1)CC[C@@H]1NCCO[C@@H]21. The molecule has 0 radical (unpaired) electrons. The highest BCUT2D eigenvalue weighted by Crippen LogP contribution is 2.35. The molecule has 1 aliphatic carbocycles. The molecule has 0 saturated carbocycles. The molecule has 2 aliphatic rings. The molecule has 16 heavy (non-hydrogen) atoms. The zero-order valence-electron chi connectivity index (χ0n) is 9.53. The van der Waals surface area contributed by atoms with Gasteiger partial charge in [0.25, 0.3) is 0 Å². The lowest BCUT2D eigenvalue weighted by atomic mass is 9.85. The zero-order valence-corrected chi connectivity index (χ0v) is 9.53. The number of ether oxygens (including phenoxy) is 2. The van der Waals surface area contributed by atoms with Crippen LogP contribution in [0.4, 0.5) is 0 Å². The van der Waals surface area contributed by atoms with Gasteiger partial charge in [-0.25, -0.2) is 0 Å².